The summed E-state index contributed by atoms with van der Waals surface area (Å²) < 4.78 is 10.8. The maximum atomic E-state index is 5.46. The van der Waals surface area contributed by atoms with Gasteiger partial charge in [0.1, 0.15) is 5.76 Å². The molecule has 2 rings (SSSR count). The minimum Gasteiger partial charge on any atom is -0.385 e. The minimum absolute atomic E-state index is 0. The second-order valence-corrected chi connectivity index (χ2v) is 7.24. The lowest BCUT2D eigenvalue weighted by Crippen LogP contribution is -2.43. The number of hydrogen-bond donors (Lipinski definition) is 2. The number of ether oxygens (including phenoxy) is 1. The Hall–Kier alpha value is -0.830. The van der Waals surface area contributed by atoms with Gasteiger partial charge in [-0.3, -0.25) is 0 Å². The lowest BCUT2D eigenvalue weighted by Gasteiger charge is -2.30. The van der Waals surface area contributed by atoms with Crippen molar-refractivity contribution in [1.29, 1.82) is 0 Å². The topological polar surface area (TPSA) is 71.7 Å². The number of aliphatic imine (C=N–C) groups is 1. The molecule has 0 unspecified atom stereocenters. The van der Waals surface area contributed by atoms with Crippen LogP contribution in [0.3, 0.4) is 0 Å². The van der Waals surface area contributed by atoms with Gasteiger partial charge in [0, 0.05) is 38.8 Å². The van der Waals surface area contributed by atoms with Gasteiger partial charge in [0.2, 0.25) is 0 Å². The largest absolute Gasteiger partial charge is 0.385 e. The van der Waals surface area contributed by atoms with Crippen molar-refractivity contribution < 1.29 is 9.26 Å². The molecule has 1 aromatic heterocycles. The highest BCUT2D eigenvalue weighted by atomic mass is 127. The molecule has 0 bridgehead atoms. The summed E-state index contributed by atoms with van der Waals surface area (Å²) in [6.45, 7) is 9.53. The van der Waals surface area contributed by atoms with Crippen molar-refractivity contribution in [2.75, 3.05) is 26.8 Å². The molecule has 27 heavy (non-hydrogen) atoms. The molecular formula is C20H37IN4O2. The van der Waals surface area contributed by atoms with E-state index in [2.05, 4.69) is 36.6 Å². The molecule has 1 heterocycles. The van der Waals surface area contributed by atoms with Crippen molar-refractivity contribution in [3.8, 4) is 0 Å². The zero-order chi connectivity index (χ0) is 18.8. The molecule has 156 valence electrons. The van der Waals surface area contributed by atoms with E-state index in [0.717, 1.165) is 61.9 Å². The highest BCUT2D eigenvalue weighted by Crippen LogP contribution is 2.40. The van der Waals surface area contributed by atoms with Gasteiger partial charge in [-0.25, -0.2) is 4.99 Å². The molecule has 0 spiro atoms. The van der Waals surface area contributed by atoms with E-state index >= 15 is 0 Å². The summed E-state index contributed by atoms with van der Waals surface area (Å²) in [5.74, 6) is 1.83. The Morgan fingerprint density at radius 2 is 1.93 bits per heavy atom. The van der Waals surface area contributed by atoms with Crippen molar-refractivity contribution in [1.82, 2.24) is 15.8 Å². The zero-order valence-electron chi connectivity index (χ0n) is 17.4. The molecule has 0 aromatic carbocycles. The Balaban J connectivity index is 0.00000364. The van der Waals surface area contributed by atoms with Gasteiger partial charge in [0.25, 0.3) is 0 Å². The summed E-state index contributed by atoms with van der Waals surface area (Å²) in [7, 11) is 1.79. The first-order valence-electron chi connectivity index (χ1n) is 10.2. The van der Waals surface area contributed by atoms with Crippen LogP contribution < -0.4 is 10.6 Å². The standard InChI is InChI=1S/C20H36N4O2.HI/c1-5-17-16(18(6-2)26-24-17)14-22-19(21-7-3)23-15-20(12-13-25-4)10-8-9-11-20;/h5-15H2,1-4H3,(H2,21,22,23);1H. The van der Waals surface area contributed by atoms with E-state index in [1.54, 1.807) is 7.11 Å². The van der Waals surface area contributed by atoms with Gasteiger partial charge in [-0.05, 0) is 38.0 Å². The van der Waals surface area contributed by atoms with Crippen molar-refractivity contribution in [3.63, 3.8) is 0 Å². The van der Waals surface area contributed by atoms with Crippen LogP contribution in [0.4, 0.5) is 0 Å². The Morgan fingerprint density at radius 3 is 2.52 bits per heavy atom. The van der Waals surface area contributed by atoms with Crippen molar-refractivity contribution in [3.05, 3.63) is 17.0 Å². The van der Waals surface area contributed by atoms with Crippen LogP contribution in [0.1, 0.15) is 69.9 Å². The molecule has 6 nitrogen and oxygen atoms in total. The van der Waals surface area contributed by atoms with E-state index in [4.69, 9.17) is 14.3 Å². The van der Waals surface area contributed by atoms with E-state index in [9.17, 15) is 0 Å². The molecule has 0 saturated heterocycles. The lowest BCUT2D eigenvalue weighted by molar-refractivity contribution is 0.138. The van der Waals surface area contributed by atoms with E-state index in [1.807, 2.05) is 0 Å². The second kappa shape index (κ2) is 12.6. The van der Waals surface area contributed by atoms with Crippen LogP contribution in [-0.4, -0.2) is 37.9 Å². The van der Waals surface area contributed by atoms with Gasteiger partial charge < -0.3 is 19.9 Å². The van der Waals surface area contributed by atoms with E-state index in [-0.39, 0.29) is 24.0 Å². The van der Waals surface area contributed by atoms with Gasteiger partial charge in [-0.2, -0.15) is 0 Å². The maximum Gasteiger partial charge on any atom is 0.191 e. The van der Waals surface area contributed by atoms with Gasteiger partial charge in [-0.1, -0.05) is 31.8 Å². The van der Waals surface area contributed by atoms with Crippen molar-refractivity contribution in [2.24, 2.45) is 10.4 Å². The fraction of sp³-hybridized carbons (Fsp3) is 0.800. The molecule has 1 saturated carbocycles. The van der Waals surface area contributed by atoms with Gasteiger partial charge in [0.05, 0.1) is 12.2 Å². The Kier molecular flexibility index (Phi) is 11.3. The molecule has 1 aliphatic carbocycles. The number of nitrogens with zero attached hydrogens (tertiary/aromatic N) is 2. The maximum absolute atomic E-state index is 5.46. The number of halogens is 1. The van der Waals surface area contributed by atoms with Crippen LogP contribution in [0.2, 0.25) is 0 Å². The molecular weight excluding hydrogens is 455 g/mol. The number of aromatic nitrogens is 1. The minimum atomic E-state index is 0. The Bertz CT molecular complexity index is 547. The summed E-state index contributed by atoms with van der Waals surface area (Å²) >= 11 is 0. The van der Waals surface area contributed by atoms with E-state index in [0.29, 0.717) is 12.0 Å². The summed E-state index contributed by atoms with van der Waals surface area (Å²) in [5, 5.41) is 11.1. The van der Waals surface area contributed by atoms with E-state index in [1.165, 1.54) is 25.7 Å². The predicted octanol–water partition coefficient (Wildman–Crippen LogP) is 4.07. The summed E-state index contributed by atoms with van der Waals surface area (Å²) in [6.07, 6.45) is 8.02. The molecule has 1 fully saturated rings. The number of guanidine groups is 1. The van der Waals surface area contributed by atoms with Gasteiger partial charge in [-0.15, -0.1) is 24.0 Å². The van der Waals surface area contributed by atoms with Crippen LogP contribution in [0, 0.1) is 5.41 Å². The van der Waals surface area contributed by atoms with Crippen LogP contribution in [-0.2, 0) is 24.1 Å². The average molecular weight is 492 g/mol. The number of aryl methyl sites for hydroxylation is 2. The Labute approximate surface area is 181 Å². The SMILES string of the molecule is CCNC(=NCc1c(CC)noc1CC)NCC1(CCOC)CCCC1.I. The molecule has 7 heteroatoms. The zero-order valence-corrected chi connectivity index (χ0v) is 19.7. The van der Waals surface area contributed by atoms with Crippen LogP contribution in [0.25, 0.3) is 0 Å². The first-order chi connectivity index (χ1) is 12.7. The number of nitrogens with one attached hydrogen (secondary N) is 2. The smallest absolute Gasteiger partial charge is 0.191 e. The van der Waals surface area contributed by atoms with Crippen molar-refractivity contribution in [2.45, 2.75) is 72.3 Å². The highest BCUT2D eigenvalue weighted by Gasteiger charge is 2.33. The summed E-state index contributed by atoms with van der Waals surface area (Å²) in [6, 6.07) is 0. The summed E-state index contributed by atoms with van der Waals surface area (Å²) in [4.78, 5) is 4.81. The van der Waals surface area contributed by atoms with Crippen molar-refractivity contribution >= 4 is 29.9 Å². The normalized spacial score (nSPS) is 16.2. The molecule has 1 aromatic rings. The molecule has 1 aliphatic rings. The molecule has 0 radical (unpaired) electrons. The number of rotatable bonds is 10. The third-order valence-corrected chi connectivity index (χ3v) is 5.48. The average Bonchev–Trinajstić information content (AvgIpc) is 3.29. The molecule has 2 N–H and O–H groups in total. The number of methoxy groups -OCH3 is 1. The van der Waals surface area contributed by atoms with Gasteiger partial charge >= 0.3 is 0 Å². The fourth-order valence-electron chi connectivity index (χ4n) is 3.85. The third-order valence-electron chi connectivity index (χ3n) is 5.48. The summed E-state index contributed by atoms with van der Waals surface area (Å²) in [5.41, 5.74) is 2.50. The Morgan fingerprint density at radius 1 is 1.19 bits per heavy atom. The van der Waals surface area contributed by atoms with Crippen LogP contribution >= 0.6 is 24.0 Å². The second-order valence-electron chi connectivity index (χ2n) is 7.24. The van der Waals surface area contributed by atoms with Crippen LogP contribution in [0.5, 0.6) is 0 Å². The highest BCUT2D eigenvalue weighted by molar-refractivity contribution is 14.0. The fourth-order valence-corrected chi connectivity index (χ4v) is 3.85. The van der Waals surface area contributed by atoms with Crippen LogP contribution in [0.15, 0.2) is 9.52 Å². The number of hydrogen-bond acceptors (Lipinski definition) is 4. The third kappa shape index (κ3) is 6.93. The quantitative estimate of drug-likeness (QED) is 0.293. The van der Waals surface area contributed by atoms with Gasteiger partial charge in [0.15, 0.2) is 5.96 Å². The molecule has 0 amide bonds. The van der Waals surface area contributed by atoms with E-state index < -0.39 is 0 Å². The molecule has 0 atom stereocenters. The molecule has 0 aliphatic heterocycles. The lowest BCUT2D eigenvalue weighted by atomic mass is 9.83. The monoisotopic (exact) mass is 492 g/mol. The first-order valence-corrected chi connectivity index (χ1v) is 10.2. The first kappa shape index (κ1) is 24.2. The predicted molar refractivity (Wildman–Crippen MR) is 121 cm³/mol.